The molecule has 2 aliphatic rings. The molecule has 2 aliphatic heterocycles. The summed E-state index contributed by atoms with van der Waals surface area (Å²) in [5, 5.41) is 0. The smallest absolute Gasteiger partial charge is 0.252 e. The molecule has 22 heavy (non-hydrogen) atoms. The van der Waals surface area contributed by atoms with Gasteiger partial charge in [0.1, 0.15) is 6.10 Å². The third-order valence-corrected chi connectivity index (χ3v) is 4.14. The van der Waals surface area contributed by atoms with Crippen LogP contribution in [0.1, 0.15) is 38.2 Å². The molecule has 1 fully saturated rings. The molecule has 0 aromatic heterocycles. The molecule has 0 N–H and O–H groups in total. The lowest BCUT2D eigenvalue weighted by atomic mass is 10.1. The molecule has 0 unspecified atom stereocenters. The molecule has 120 valence electrons. The average Bonchev–Trinajstić information content (AvgIpc) is 3.21. The fraction of sp³-hybridized carbons (Fsp3) is 0.588. The second-order valence-corrected chi connectivity index (χ2v) is 5.77. The summed E-state index contributed by atoms with van der Waals surface area (Å²) in [6.07, 6.45) is 3.57. The molecule has 0 radical (unpaired) electrons. The van der Waals surface area contributed by atoms with Gasteiger partial charge >= 0.3 is 0 Å². The molecule has 1 amide bonds. The van der Waals surface area contributed by atoms with Gasteiger partial charge in [0, 0.05) is 25.3 Å². The molecule has 5 nitrogen and oxygen atoms in total. The Labute approximate surface area is 131 Å². The molecule has 1 saturated heterocycles. The molecule has 5 heteroatoms. The summed E-state index contributed by atoms with van der Waals surface area (Å²) < 4.78 is 16.5. The molecule has 0 bridgehead atoms. The lowest BCUT2D eigenvalue weighted by Gasteiger charge is -2.25. The van der Waals surface area contributed by atoms with Crippen LogP contribution in [0.4, 0.5) is 0 Å². The van der Waals surface area contributed by atoms with Crippen LogP contribution in [0.25, 0.3) is 0 Å². The summed E-state index contributed by atoms with van der Waals surface area (Å²) in [6.45, 7) is 4.37. The van der Waals surface area contributed by atoms with Gasteiger partial charge in [0.2, 0.25) is 6.79 Å². The van der Waals surface area contributed by atoms with Crippen LogP contribution in [-0.4, -0.2) is 36.9 Å². The highest BCUT2D eigenvalue weighted by molar-refractivity contribution is 5.81. The Hall–Kier alpha value is -1.75. The van der Waals surface area contributed by atoms with Gasteiger partial charge in [0.15, 0.2) is 11.5 Å². The fourth-order valence-corrected chi connectivity index (χ4v) is 2.91. The van der Waals surface area contributed by atoms with Crippen molar-refractivity contribution in [2.24, 2.45) is 0 Å². The van der Waals surface area contributed by atoms with Crippen LogP contribution in [-0.2, 0) is 16.1 Å². The standard InChI is InChI=1S/C17H23NO4/c1-2-3-9-18(17(19)15-8-5-10-20-15)11-13-6-4-7-14-16(13)22-12-21-14/h4,6-7,15H,2-3,5,8-12H2,1H3/t15-/m0/s1. The van der Waals surface area contributed by atoms with Gasteiger partial charge in [-0.05, 0) is 25.3 Å². The largest absolute Gasteiger partial charge is 0.454 e. The summed E-state index contributed by atoms with van der Waals surface area (Å²) >= 11 is 0. The Kier molecular flexibility index (Phi) is 4.83. The predicted octanol–water partition coefficient (Wildman–Crippen LogP) is 2.72. The topological polar surface area (TPSA) is 48.0 Å². The average molecular weight is 305 g/mol. The number of unbranched alkanes of at least 4 members (excludes halogenated alkanes) is 1. The maximum Gasteiger partial charge on any atom is 0.252 e. The number of amides is 1. The predicted molar refractivity (Wildman–Crippen MR) is 81.9 cm³/mol. The van der Waals surface area contributed by atoms with Crippen molar-refractivity contribution >= 4 is 5.91 Å². The Morgan fingerprint density at radius 1 is 1.36 bits per heavy atom. The molecule has 0 saturated carbocycles. The molecule has 3 rings (SSSR count). The van der Waals surface area contributed by atoms with E-state index >= 15 is 0 Å². The first-order valence-corrected chi connectivity index (χ1v) is 8.07. The summed E-state index contributed by atoms with van der Waals surface area (Å²) in [5.74, 6) is 1.63. The number of carbonyl (C=O) groups is 1. The van der Waals surface area contributed by atoms with E-state index in [4.69, 9.17) is 14.2 Å². The summed E-state index contributed by atoms with van der Waals surface area (Å²) in [6, 6.07) is 5.83. The van der Waals surface area contributed by atoms with Gasteiger partial charge in [-0.15, -0.1) is 0 Å². The number of carbonyl (C=O) groups excluding carboxylic acids is 1. The number of rotatable bonds is 6. The van der Waals surface area contributed by atoms with Crippen LogP contribution in [0.3, 0.4) is 0 Å². The third kappa shape index (κ3) is 3.19. The van der Waals surface area contributed by atoms with Crippen molar-refractivity contribution in [3.8, 4) is 11.5 Å². The molecule has 1 aromatic rings. The summed E-state index contributed by atoms with van der Waals surface area (Å²) in [4.78, 5) is 14.6. The van der Waals surface area contributed by atoms with Crippen LogP contribution >= 0.6 is 0 Å². The van der Waals surface area contributed by atoms with Gasteiger partial charge < -0.3 is 19.1 Å². The minimum absolute atomic E-state index is 0.0995. The highest BCUT2D eigenvalue weighted by atomic mass is 16.7. The van der Waals surface area contributed by atoms with Gasteiger partial charge in [-0.25, -0.2) is 0 Å². The molecule has 2 heterocycles. The van der Waals surface area contributed by atoms with Crippen molar-refractivity contribution in [2.45, 2.75) is 45.3 Å². The first-order valence-electron chi connectivity index (χ1n) is 8.07. The van der Waals surface area contributed by atoms with Gasteiger partial charge in [-0.2, -0.15) is 0 Å². The van der Waals surface area contributed by atoms with Crippen LogP contribution in [0.5, 0.6) is 11.5 Å². The number of hydrogen-bond acceptors (Lipinski definition) is 4. The van der Waals surface area contributed by atoms with E-state index in [1.54, 1.807) is 0 Å². The number of para-hydroxylation sites is 1. The Balaban J connectivity index is 1.75. The second-order valence-electron chi connectivity index (χ2n) is 5.77. The lowest BCUT2D eigenvalue weighted by molar-refractivity contribution is -0.141. The lowest BCUT2D eigenvalue weighted by Crippen LogP contribution is -2.39. The van der Waals surface area contributed by atoms with E-state index in [2.05, 4.69) is 6.92 Å². The van der Waals surface area contributed by atoms with Gasteiger partial charge in [-0.1, -0.05) is 25.5 Å². The summed E-state index contributed by atoms with van der Waals surface area (Å²) in [5.41, 5.74) is 0.998. The zero-order valence-electron chi connectivity index (χ0n) is 13.0. The van der Waals surface area contributed by atoms with Crippen molar-refractivity contribution < 1.29 is 19.0 Å². The Bertz CT molecular complexity index is 525. The number of nitrogens with zero attached hydrogens (tertiary/aromatic N) is 1. The van der Waals surface area contributed by atoms with E-state index < -0.39 is 0 Å². The van der Waals surface area contributed by atoms with E-state index in [1.807, 2.05) is 23.1 Å². The fourth-order valence-electron chi connectivity index (χ4n) is 2.91. The number of hydrogen-bond donors (Lipinski definition) is 0. The normalized spacial score (nSPS) is 19.4. The van der Waals surface area contributed by atoms with Gasteiger partial charge in [0.05, 0.1) is 0 Å². The van der Waals surface area contributed by atoms with Gasteiger partial charge in [-0.3, -0.25) is 4.79 Å². The van der Waals surface area contributed by atoms with Crippen LogP contribution in [0, 0.1) is 0 Å². The molecule has 0 aliphatic carbocycles. The van der Waals surface area contributed by atoms with Crippen molar-refractivity contribution in [1.82, 2.24) is 4.90 Å². The molecule has 0 spiro atoms. The van der Waals surface area contributed by atoms with Crippen molar-refractivity contribution in [3.63, 3.8) is 0 Å². The Morgan fingerprint density at radius 3 is 3.05 bits per heavy atom. The zero-order chi connectivity index (χ0) is 15.4. The zero-order valence-corrected chi connectivity index (χ0v) is 13.0. The van der Waals surface area contributed by atoms with Crippen LogP contribution in [0.15, 0.2) is 18.2 Å². The summed E-state index contributed by atoms with van der Waals surface area (Å²) in [7, 11) is 0. The minimum atomic E-state index is -0.272. The van der Waals surface area contributed by atoms with Crippen LogP contribution < -0.4 is 9.47 Å². The maximum atomic E-state index is 12.7. The van der Waals surface area contributed by atoms with Crippen molar-refractivity contribution in [3.05, 3.63) is 23.8 Å². The second kappa shape index (κ2) is 7.01. The minimum Gasteiger partial charge on any atom is -0.454 e. The monoisotopic (exact) mass is 305 g/mol. The highest BCUT2D eigenvalue weighted by Gasteiger charge is 2.29. The SMILES string of the molecule is CCCCN(Cc1cccc2c1OCO2)C(=O)[C@@H]1CCCO1. The number of ether oxygens (including phenoxy) is 3. The van der Waals surface area contributed by atoms with E-state index in [9.17, 15) is 4.79 Å². The number of benzene rings is 1. The van der Waals surface area contributed by atoms with Gasteiger partial charge in [0.25, 0.3) is 5.91 Å². The Morgan fingerprint density at radius 2 is 2.27 bits per heavy atom. The molecule has 1 atom stereocenters. The van der Waals surface area contributed by atoms with Crippen molar-refractivity contribution in [2.75, 3.05) is 19.9 Å². The third-order valence-electron chi connectivity index (χ3n) is 4.14. The van der Waals surface area contributed by atoms with E-state index in [0.29, 0.717) is 13.2 Å². The van der Waals surface area contributed by atoms with E-state index in [0.717, 1.165) is 49.3 Å². The van der Waals surface area contributed by atoms with Crippen molar-refractivity contribution in [1.29, 1.82) is 0 Å². The highest BCUT2D eigenvalue weighted by Crippen LogP contribution is 2.36. The molecule has 1 aromatic carbocycles. The number of fused-ring (bicyclic) bond motifs is 1. The van der Waals surface area contributed by atoms with Crippen LogP contribution in [0.2, 0.25) is 0 Å². The quantitative estimate of drug-likeness (QED) is 0.811. The first-order chi connectivity index (χ1) is 10.8. The molecular formula is C17H23NO4. The maximum absolute atomic E-state index is 12.7. The molecular weight excluding hydrogens is 282 g/mol. The van der Waals surface area contributed by atoms with E-state index in [1.165, 1.54) is 0 Å². The first kappa shape index (κ1) is 15.2. The van der Waals surface area contributed by atoms with E-state index in [-0.39, 0.29) is 18.8 Å².